The summed E-state index contributed by atoms with van der Waals surface area (Å²) in [6.45, 7) is 5.49. The van der Waals surface area contributed by atoms with Crippen molar-refractivity contribution >= 4 is 29.0 Å². The molecule has 3 heterocycles. The molecule has 0 unspecified atom stereocenters. The zero-order valence-electron chi connectivity index (χ0n) is 16.7. The first-order valence-electron chi connectivity index (χ1n) is 9.79. The molecule has 0 aromatic carbocycles. The lowest BCUT2D eigenvalue weighted by Crippen LogP contribution is -2.23. The summed E-state index contributed by atoms with van der Waals surface area (Å²) in [5, 5.41) is 5.78. The number of fused-ring (bicyclic) bond motifs is 2. The van der Waals surface area contributed by atoms with E-state index in [-0.39, 0.29) is 11.3 Å². The molecule has 0 bridgehead atoms. The molecule has 2 N–H and O–H groups in total. The smallest absolute Gasteiger partial charge is 0.303 e. The van der Waals surface area contributed by atoms with Crippen LogP contribution in [0.3, 0.4) is 0 Å². The van der Waals surface area contributed by atoms with E-state index in [1.165, 1.54) is 6.92 Å². The molecule has 1 spiro atoms. The molecular formula is C20H24F2N6O. The van der Waals surface area contributed by atoms with Crippen LogP contribution in [0.1, 0.15) is 51.4 Å². The van der Waals surface area contributed by atoms with Crippen LogP contribution in [-0.4, -0.2) is 33.9 Å². The summed E-state index contributed by atoms with van der Waals surface area (Å²) in [6.07, 6.45) is 4.65. The van der Waals surface area contributed by atoms with Gasteiger partial charge in [0.2, 0.25) is 11.7 Å². The number of nitrogens with zero attached hydrogens (tertiary/aromatic N) is 4. The van der Waals surface area contributed by atoms with Crippen LogP contribution in [0.15, 0.2) is 18.3 Å². The van der Waals surface area contributed by atoms with Crippen molar-refractivity contribution in [2.45, 2.75) is 51.4 Å². The highest BCUT2D eigenvalue weighted by molar-refractivity contribution is 5.89. The van der Waals surface area contributed by atoms with Crippen molar-refractivity contribution in [3.63, 3.8) is 0 Å². The number of anilines is 4. The quantitative estimate of drug-likeness (QED) is 0.761. The third-order valence-corrected chi connectivity index (χ3v) is 5.30. The maximum atomic E-state index is 14.1. The Bertz CT molecular complexity index is 954. The van der Waals surface area contributed by atoms with E-state index >= 15 is 0 Å². The summed E-state index contributed by atoms with van der Waals surface area (Å²) in [7, 11) is 0. The lowest BCUT2D eigenvalue weighted by atomic mass is 10.0. The zero-order valence-corrected chi connectivity index (χ0v) is 16.7. The van der Waals surface area contributed by atoms with Crippen LogP contribution < -0.4 is 15.5 Å². The fourth-order valence-corrected chi connectivity index (χ4v) is 3.69. The van der Waals surface area contributed by atoms with Gasteiger partial charge in [-0.2, -0.15) is 8.78 Å². The van der Waals surface area contributed by atoms with Crippen molar-refractivity contribution in [3.05, 3.63) is 29.7 Å². The minimum atomic E-state index is -3.15. The van der Waals surface area contributed by atoms with Crippen LogP contribution in [0.2, 0.25) is 0 Å². The van der Waals surface area contributed by atoms with Crippen LogP contribution in [0.4, 0.5) is 31.9 Å². The minimum absolute atomic E-state index is 0.0199. The standard InChI is InChI=1S/C20H24F2N6O/c1-4-7-23-16-9-17(27-18(26-16)19(3,21)22)28-11-20(5-6-20)13-10-24-15(8-14(13)28)25-12(2)29/h8-10H,4-7,11H2,1-3H3,(H,23,26,27)(H,24,25,29). The van der Waals surface area contributed by atoms with Crippen LogP contribution >= 0.6 is 0 Å². The number of amides is 1. The van der Waals surface area contributed by atoms with E-state index in [0.717, 1.165) is 37.4 Å². The van der Waals surface area contributed by atoms with Crippen molar-refractivity contribution < 1.29 is 13.6 Å². The number of rotatable bonds is 6. The number of hydrogen-bond acceptors (Lipinski definition) is 6. The monoisotopic (exact) mass is 402 g/mol. The Balaban J connectivity index is 1.78. The molecule has 0 radical (unpaired) electrons. The molecule has 1 aliphatic heterocycles. The summed E-state index contributed by atoms with van der Waals surface area (Å²) in [5.41, 5.74) is 1.89. The molecule has 2 aromatic rings. The van der Waals surface area contributed by atoms with Gasteiger partial charge in [0.25, 0.3) is 0 Å². The lowest BCUT2D eigenvalue weighted by Gasteiger charge is -2.22. The Kier molecular flexibility index (Phi) is 4.63. The Hall–Kier alpha value is -2.84. The van der Waals surface area contributed by atoms with Gasteiger partial charge >= 0.3 is 5.92 Å². The van der Waals surface area contributed by atoms with Crippen molar-refractivity contribution in [3.8, 4) is 0 Å². The Morgan fingerprint density at radius 3 is 2.66 bits per heavy atom. The normalized spacial score (nSPS) is 16.7. The van der Waals surface area contributed by atoms with Gasteiger partial charge < -0.3 is 15.5 Å². The van der Waals surface area contributed by atoms with E-state index in [1.807, 2.05) is 11.8 Å². The molecule has 2 aliphatic rings. The first-order chi connectivity index (χ1) is 13.7. The van der Waals surface area contributed by atoms with Crippen molar-refractivity contribution in [1.82, 2.24) is 15.0 Å². The van der Waals surface area contributed by atoms with Crippen LogP contribution in [-0.2, 0) is 16.1 Å². The number of carbonyl (C=O) groups excluding carboxylic acids is 1. The second-order valence-corrected chi connectivity index (χ2v) is 7.88. The zero-order chi connectivity index (χ0) is 20.8. The fourth-order valence-electron chi connectivity index (χ4n) is 3.69. The van der Waals surface area contributed by atoms with Crippen LogP contribution in [0.5, 0.6) is 0 Å². The molecule has 0 atom stereocenters. The third kappa shape index (κ3) is 3.73. The molecule has 1 amide bonds. The predicted molar refractivity (Wildman–Crippen MR) is 107 cm³/mol. The Morgan fingerprint density at radius 2 is 2.03 bits per heavy atom. The van der Waals surface area contributed by atoms with Crippen LogP contribution in [0.25, 0.3) is 0 Å². The number of nitrogens with one attached hydrogen (secondary N) is 2. The second kappa shape index (κ2) is 6.89. The topological polar surface area (TPSA) is 83.0 Å². The van der Waals surface area contributed by atoms with Gasteiger partial charge in [-0.15, -0.1) is 0 Å². The van der Waals surface area contributed by atoms with E-state index in [0.29, 0.717) is 30.5 Å². The number of halogens is 2. The molecule has 29 heavy (non-hydrogen) atoms. The summed E-state index contributed by atoms with van der Waals surface area (Å²) in [5.74, 6) is -2.66. The minimum Gasteiger partial charge on any atom is -0.370 e. The van der Waals surface area contributed by atoms with Gasteiger partial charge in [0.1, 0.15) is 17.5 Å². The summed E-state index contributed by atoms with van der Waals surface area (Å²) < 4.78 is 28.1. The second-order valence-electron chi connectivity index (χ2n) is 7.88. The molecule has 154 valence electrons. The molecule has 2 aromatic heterocycles. The van der Waals surface area contributed by atoms with E-state index in [2.05, 4.69) is 25.6 Å². The number of aromatic nitrogens is 3. The highest BCUT2D eigenvalue weighted by Gasteiger charge is 2.52. The SMILES string of the molecule is CCCNc1cc(N2CC3(CC3)c3cnc(NC(C)=O)cc32)nc(C(C)(F)F)n1. The molecule has 1 aliphatic carbocycles. The van der Waals surface area contributed by atoms with Gasteiger partial charge in [0.05, 0.1) is 5.69 Å². The highest BCUT2D eigenvalue weighted by Crippen LogP contribution is 2.58. The number of hydrogen-bond donors (Lipinski definition) is 2. The van der Waals surface area contributed by atoms with E-state index < -0.39 is 11.7 Å². The van der Waals surface area contributed by atoms with Crippen molar-refractivity contribution in [2.24, 2.45) is 0 Å². The molecule has 7 nitrogen and oxygen atoms in total. The molecule has 1 saturated carbocycles. The largest absolute Gasteiger partial charge is 0.370 e. The maximum Gasteiger partial charge on any atom is 0.303 e. The third-order valence-electron chi connectivity index (χ3n) is 5.30. The molecule has 4 rings (SSSR count). The molecule has 1 fully saturated rings. The van der Waals surface area contributed by atoms with E-state index in [9.17, 15) is 13.6 Å². The molecule has 9 heteroatoms. The van der Waals surface area contributed by atoms with Gasteiger partial charge in [-0.1, -0.05) is 6.92 Å². The Labute approximate surface area is 168 Å². The first-order valence-corrected chi connectivity index (χ1v) is 9.79. The van der Waals surface area contributed by atoms with Gasteiger partial charge in [-0.05, 0) is 19.3 Å². The van der Waals surface area contributed by atoms with Gasteiger partial charge in [-0.3, -0.25) is 4.79 Å². The van der Waals surface area contributed by atoms with Crippen molar-refractivity contribution in [2.75, 3.05) is 28.6 Å². The van der Waals surface area contributed by atoms with Gasteiger partial charge in [-0.25, -0.2) is 15.0 Å². The maximum absolute atomic E-state index is 14.1. The van der Waals surface area contributed by atoms with E-state index in [1.54, 1.807) is 18.3 Å². The average molecular weight is 402 g/mol. The van der Waals surface area contributed by atoms with Gasteiger partial charge in [0.15, 0.2) is 0 Å². The lowest BCUT2D eigenvalue weighted by molar-refractivity contribution is -0.114. The fraction of sp³-hybridized carbons (Fsp3) is 0.500. The summed E-state index contributed by atoms with van der Waals surface area (Å²) >= 11 is 0. The average Bonchev–Trinajstić information content (AvgIpc) is 3.36. The summed E-state index contributed by atoms with van der Waals surface area (Å²) in [4.78, 5) is 25.9. The van der Waals surface area contributed by atoms with Crippen molar-refractivity contribution in [1.29, 1.82) is 0 Å². The number of pyridine rings is 1. The molecular weight excluding hydrogens is 378 g/mol. The van der Waals surface area contributed by atoms with Crippen LogP contribution in [0, 0.1) is 0 Å². The summed E-state index contributed by atoms with van der Waals surface area (Å²) in [6, 6.07) is 3.49. The Morgan fingerprint density at radius 1 is 1.28 bits per heavy atom. The first kappa shape index (κ1) is 19.5. The van der Waals surface area contributed by atoms with Gasteiger partial charge in [0, 0.05) is 56.2 Å². The molecule has 0 saturated heterocycles. The number of carbonyl (C=O) groups is 1. The number of alkyl halides is 2. The predicted octanol–water partition coefficient (Wildman–Crippen LogP) is 3.95. The van der Waals surface area contributed by atoms with E-state index in [4.69, 9.17) is 0 Å². The highest BCUT2D eigenvalue weighted by atomic mass is 19.3.